The molecule has 0 aliphatic rings. The van der Waals surface area contributed by atoms with Crippen LogP contribution in [0.5, 0.6) is 0 Å². The Kier molecular flexibility index (Phi) is 3.31. The maximum absolute atomic E-state index is 12.0. The number of rotatable bonds is 4. The van der Waals surface area contributed by atoms with E-state index in [4.69, 9.17) is 0 Å². The average Bonchev–Trinajstić information content (AvgIpc) is 2.85. The first kappa shape index (κ1) is 13.5. The topological polar surface area (TPSA) is 94.7 Å². The number of hydrogen-bond donors (Lipinski definition) is 1. The lowest BCUT2D eigenvalue weighted by molar-refractivity contribution is 0.521. The molecule has 2 rings (SSSR count). The van der Waals surface area contributed by atoms with Gasteiger partial charge in [0.25, 0.3) is 10.0 Å². The maximum Gasteiger partial charge on any atom is 0.284 e. The minimum atomic E-state index is -3.74. The van der Waals surface area contributed by atoms with Crippen LogP contribution in [0.3, 0.4) is 0 Å². The van der Waals surface area contributed by atoms with Gasteiger partial charge in [-0.15, -0.1) is 5.10 Å². The van der Waals surface area contributed by atoms with Gasteiger partial charge in [0.2, 0.25) is 5.03 Å². The van der Waals surface area contributed by atoms with Crippen molar-refractivity contribution in [3.8, 4) is 0 Å². The van der Waals surface area contributed by atoms with Gasteiger partial charge < -0.3 is 0 Å². The first-order valence-electron chi connectivity index (χ1n) is 5.75. The zero-order valence-corrected chi connectivity index (χ0v) is 12.0. The highest BCUT2D eigenvalue weighted by Crippen LogP contribution is 2.16. The molecule has 9 heteroatoms. The predicted octanol–water partition coefficient (Wildman–Crippen LogP) is 0.702. The summed E-state index contributed by atoms with van der Waals surface area (Å²) < 4.78 is 28.2. The van der Waals surface area contributed by atoms with Crippen LogP contribution in [0, 0.1) is 6.92 Å². The highest BCUT2D eigenvalue weighted by atomic mass is 32.2. The fraction of sp³-hybridized carbons (Fsp3) is 0.500. The van der Waals surface area contributed by atoms with E-state index in [2.05, 4.69) is 20.0 Å². The molecule has 2 aromatic heterocycles. The lowest BCUT2D eigenvalue weighted by Gasteiger charge is -2.07. The first-order valence-corrected chi connectivity index (χ1v) is 7.23. The van der Waals surface area contributed by atoms with Crippen molar-refractivity contribution in [1.29, 1.82) is 0 Å². The first-order chi connectivity index (χ1) is 8.79. The molecule has 2 aromatic rings. The van der Waals surface area contributed by atoms with Crippen molar-refractivity contribution in [2.45, 2.75) is 31.8 Å². The molecule has 0 radical (unpaired) electrons. The molecule has 0 saturated carbocycles. The highest BCUT2D eigenvalue weighted by molar-refractivity contribution is 7.92. The van der Waals surface area contributed by atoms with Gasteiger partial charge in [-0.05, 0) is 20.8 Å². The maximum atomic E-state index is 12.0. The van der Waals surface area contributed by atoms with Crippen molar-refractivity contribution in [3.05, 3.63) is 18.0 Å². The molecular formula is C10H16N6O2S. The van der Waals surface area contributed by atoms with Crippen LogP contribution in [-0.2, 0) is 17.1 Å². The van der Waals surface area contributed by atoms with Crippen molar-refractivity contribution >= 4 is 15.8 Å². The van der Waals surface area contributed by atoms with E-state index in [9.17, 15) is 8.42 Å². The zero-order valence-electron chi connectivity index (χ0n) is 11.2. The second kappa shape index (κ2) is 4.65. The van der Waals surface area contributed by atoms with Crippen molar-refractivity contribution in [2.75, 3.05) is 4.72 Å². The number of sulfonamides is 1. The van der Waals surface area contributed by atoms with Crippen molar-refractivity contribution in [1.82, 2.24) is 24.8 Å². The second-order valence-corrected chi connectivity index (χ2v) is 6.12. The van der Waals surface area contributed by atoms with Crippen LogP contribution in [0.2, 0.25) is 0 Å². The SMILES string of the molecule is Cc1cc(NS(=O)(=O)c2cnn(C)n2)nn1C(C)C. The minimum Gasteiger partial charge on any atom is -0.265 e. The van der Waals surface area contributed by atoms with Crippen LogP contribution in [0.25, 0.3) is 0 Å². The van der Waals surface area contributed by atoms with Crippen LogP contribution in [0.15, 0.2) is 17.3 Å². The van der Waals surface area contributed by atoms with Gasteiger partial charge in [0.1, 0.15) is 0 Å². The minimum absolute atomic E-state index is 0.133. The van der Waals surface area contributed by atoms with Gasteiger partial charge in [-0.3, -0.25) is 9.40 Å². The summed E-state index contributed by atoms with van der Waals surface area (Å²) in [5.41, 5.74) is 0.881. The average molecular weight is 284 g/mol. The Morgan fingerprint density at radius 1 is 1.32 bits per heavy atom. The monoisotopic (exact) mass is 284 g/mol. The molecule has 8 nitrogen and oxygen atoms in total. The van der Waals surface area contributed by atoms with E-state index in [0.29, 0.717) is 0 Å². The predicted molar refractivity (Wildman–Crippen MR) is 69.2 cm³/mol. The number of aryl methyl sites for hydroxylation is 2. The van der Waals surface area contributed by atoms with Crippen LogP contribution < -0.4 is 4.72 Å². The van der Waals surface area contributed by atoms with Crippen LogP contribution in [0.1, 0.15) is 25.6 Å². The summed E-state index contributed by atoms with van der Waals surface area (Å²) in [6, 6.07) is 1.84. The Labute approximate surface area is 111 Å². The van der Waals surface area contributed by atoms with Crippen LogP contribution in [0.4, 0.5) is 5.82 Å². The van der Waals surface area contributed by atoms with Crippen molar-refractivity contribution < 1.29 is 8.42 Å². The molecule has 0 bridgehead atoms. The summed E-state index contributed by atoms with van der Waals surface area (Å²) in [6.45, 7) is 5.81. The lowest BCUT2D eigenvalue weighted by atomic mass is 10.4. The molecule has 0 saturated heterocycles. The molecule has 0 amide bonds. The summed E-state index contributed by atoms with van der Waals surface area (Å²) in [5.74, 6) is 0.275. The number of aromatic nitrogens is 5. The summed E-state index contributed by atoms with van der Waals surface area (Å²) in [4.78, 5) is 1.19. The molecule has 104 valence electrons. The molecular weight excluding hydrogens is 268 g/mol. The molecule has 0 atom stereocenters. The van der Waals surface area contributed by atoms with E-state index in [1.807, 2.05) is 20.8 Å². The number of nitrogens with one attached hydrogen (secondary N) is 1. The second-order valence-electron chi connectivity index (χ2n) is 4.49. The third kappa shape index (κ3) is 2.75. The van der Waals surface area contributed by atoms with Gasteiger partial charge in [0, 0.05) is 24.8 Å². The summed E-state index contributed by atoms with van der Waals surface area (Å²) in [6.07, 6.45) is 1.19. The largest absolute Gasteiger partial charge is 0.284 e. The molecule has 0 aliphatic heterocycles. The molecule has 0 fully saturated rings. The Balaban J connectivity index is 2.28. The standard InChI is InChI=1S/C10H16N6O2S/c1-7(2)16-8(3)5-9(12-16)14-19(17,18)10-6-11-15(4)13-10/h5-7H,1-4H3,(H,12,14). The van der Waals surface area contributed by atoms with E-state index in [1.165, 1.54) is 11.0 Å². The molecule has 2 heterocycles. The highest BCUT2D eigenvalue weighted by Gasteiger charge is 2.20. The number of nitrogens with zero attached hydrogens (tertiary/aromatic N) is 5. The normalized spacial score (nSPS) is 12.1. The van der Waals surface area contributed by atoms with Gasteiger partial charge in [0.05, 0.1) is 6.20 Å². The fourth-order valence-corrected chi connectivity index (χ4v) is 2.59. The van der Waals surface area contributed by atoms with E-state index in [0.717, 1.165) is 5.69 Å². The van der Waals surface area contributed by atoms with E-state index < -0.39 is 10.0 Å². The quantitative estimate of drug-likeness (QED) is 0.891. The Morgan fingerprint density at radius 3 is 2.47 bits per heavy atom. The third-order valence-electron chi connectivity index (χ3n) is 2.50. The third-order valence-corrected chi connectivity index (χ3v) is 3.72. The van der Waals surface area contributed by atoms with Gasteiger partial charge in [-0.2, -0.15) is 23.4 Å². The molecule has 19 heavy (non-hydrogen) atoms. The summed E-state index contributed by atoms with van der Waals surface area (Å²) in [5, 5.41) is 11.6. The van der Waals surface area contributed by atoms with Gasteiger partial charge >= 0.3 is 0 Å². The molecule has 0 spiro atoms. The summed E-state index contributed by atoms with van der Waals surface area (Å²) in [7, 11) is -2.19. The Morgan fingerprint density at radius 2 is 2.00 bits per heavy atom. The Hall–Kier alpha value is -1.90. The summed E-state index contributed by atoms with van der Waals surface area (Å²) >= 11 is 0. The number of hydrogen-bond acceptors (Lipinski definition) is 5. The van der Waals surface area contributed by atoms with Gasteiger partial charge in [-0.25, -0.2) is 0 Å². The lowest BCUT2D eigenvalue weighted by Crippen LogP contribution is -2.15. The van der Waals surface area contributed by atoms with Crippen LogP contribution >= 0.6 is 0 Å². The van der Waals surface area contributed by atoms with E-state index in [1.54, 1.807) is 17.8 Å². The molecule has 1 N–H and O–H groups in total. The fourth-order valence-electron chi connectivity index (χ4n) is 1.70. The molecule has 0 aliphatic carbocycles. The van der Waals surface area contributed by atoms with Crippen molar-refractivity contribution in [3.63, 3.8) is 0 Å². The van der Waals surface area contributed by atoms with Crippen molar-refractivity contribution in [2.24, 2.45) is 7.05 Å². The number of anilines is 1. The molecule has 0 aromatic carbocycles. The Bertz CT molecular complexity index is 685. The zero-order chi connectivity index (χ0) is 14.2. The van der Waals surface area contributed by atoms with E-state index in [-0.39, 0.29) is 16.9 Å². The van der Waals surface area contributed by atoms with Gasteiger partial charge in [-0.1, -0.05) is 0 Å². The van der Waals surface area contributed by atoms with E-state index >= 15 is 0 Å². The van der Waals surface area contributed by atoms with Gasteiger partial charge in [0.15, 0.2) is 5.82 Å². The smallest absolute Gasteiger partial charge is 0.265 e. The molecule has 0 unspecified atom stereocenters. The van der Waals surface area contributed by atoms with Crippen LogP contribution in [-0.4, -0.2) is 33.2 Å².